The number of nitrogens with zero attached hydrogens (tertiary/aromatic N) is 1. The fraction of sp³-hybridized carbons (Fsp3) is 0.0476. The Bertz CT molecular complexity index is 880. The predicted octanol–water partition coefficient (Wildman–Crippen LogP) is 4.54. The molecule has 0 atom stereocenters. The molecular weight excluding hydrogens is 342 g/mol. The Morgan fingerprint density at radius 3 is 2.04 bits per heavy atom. The van der Waals surface area contributed by atoms with Crippen LogP contribution in [0, 0.1) is 6.92 Å². The number of rotatable bonds is 3. The molecule has 3 aromatic carbocycles. The molecule has 0 radical (unpaired) electrons. The number of amides is 1. The third-order valence-corrected chi connectivity index (χ3v) is 3.95. The maximum atomic E-state index is 13.0. The molecule has 0 unspecified atom stereocenters. The first-order valence-electron chi connectivity index (χ1n) is 8.22. The van der Waals surface area contributed by atoms with E-state index in [0.717, 1.165) is 11.3 Å². The van der Waals surface area contributed by atoms with Crippen LogP contribution in [0.4, 0.5) is 11.4 Å². The van der Waals surface area contributed by atoms with Crippen LogP contribution >= 0.6 is 12.2 Å². The van der Waals surface area contributed by atoms with E-state index in [1.807, 2.05) is 91.9 Å². The molecule has 0 fully saturated rings. The number of carbonyl (C=O) groups excluding carboxylic acids is 1. The van der Waals surface area contributed by atoms with Gasteiger partial charge >= 0.3 is 0 Å². The quantitative estimate of drug-likeness (QED) is 0.531. The monoisotopic (exact) mass is 361 g/mol. The summed E-state index contributed by atoms with van der Waals surface area (Å²) in [6.45, 7) is 1.99. The highest BCUT2D eigenvalue weighted by Gasteiger charge is 2.18. The van der Waals surface area contributed by atoms with Gasteiger partial charge in [0.15, 0.2) is 5.11 Å². The fourth-order valence-corrected chi connectivity index (χ4v) is 2.63. The number of carbonyl (C=O) groups is 1. The summed E-state index contributed by atoms with van der Waals surface area (Å²) in [6, 6.07) is 26.4. The smallest absolute Gasteiger partial charge is 0.276 e. The zero-order valence-electron chi connectivity index (χ0n) is 14.3. The van der Waals surface area contributed by atoms with Gasteiger partial charge < -0.3 is 5.32 Å². The Hall–Kier alpha value is -3.18. The van der Waals surface area contributed by atoms with Gasteiger partial charge in [-0.1, -0.05) is 54.1 Å². The lowest BCUT2D eigenvalue weighted by Crippen LogP contribution is -2.48. The van der Waals surface area contributed by atoms with Crippen molar-refractivity contribution in [3.8, 4) is 0 Å². The molecule has 5 heteroatoms. The van der Waals surface area contributed by atoms with Crippen molar-refractivity contribution >= 4 is 34.6 Å². The van der Waals surface area contributed by atoms with Gasteiger partial charge in [0.05, 0.1) is 5.69 Å². The molecule has 0 bridgehead atoms. The number of hydrazine groups is 1. The third-order valence-electron chi connectivity index (χ3n) is 3.76. The van der Waals surface area contributed by atoms with Gasteiger partial charge in [0, 0.05) is 11.3 Å². The van der Waals surface area contributed by atoms with Crippen LogP contribution in [-0.4, -0.2) is 11.0 Å². The zero-order valence-corrected chi connectivity index (χ0v) is 15.2. The van der Waals surface area contributed by atoms with Crippen molar-refractivity contribution in [2.75, 3.05) is 10.3 Å². The number of para-hydroxylation sites is 2. The largest absolute Gasteiger partial charge is 0.331 e. The normalized spacial score (nSPS) is 10.0. The second-order valence-electron chi connectivity index (χ2n) is 5.77. The minimum atomic E-state index is -0.187. The summed E-state index contributed by atoms with van der Waals surface area (Å²) in [4.78, 5) is 13.0. The Labute approximate surface area is 158 Å². The molecule has 1 amide bonds. The van der Waals surface area contributed by atoms with Gasteiger partial charge in [0.1, 0.15) is 0 Å². The fourth-order valence-electron chi connectivity index (χ4n) is 2.42. The Morgan fingerprint density at radius 1 is 0.846 bits per heavy atom. The van der Waals surface area contributed by atoms with Gasteiger partial charge in [-0.3, -0.25) is 10.2 Å². The van der Waals surface area contributed by atoms with Crippen molar-refractivity contribution in [2.24, 2.45) is 0 Å². The summed E-state index contributed by atoms with van der Waals surface area (Å²) >= 11 is 5.39. The van der Waals surface area contributed by atoms with Gasteiger partial charge in [-0.15, -0.1) is 0 Å². The van der Waals surface area contributed by atoms with Crippen LogP contribution in [0.3, 0.4) is 0 Å². The van der Waals surface area contributed by atoms with E-state index >= 15 is 0 Å². The summed E-state index contributed by atoms with van der Waals surface area (Å²) < 4.78 is 0. The van der Waals surface area contributed by atoms with Crippen molar-refractivity contribution in [2.45, 2.75) is 6.92 Å². The third kappa shape index (κ3) is 4.46. The molecule has 0 aliphatic rings. The van der Waals surface area contributed by atoms with E-state index in [4.69, 9.17) is 12.2 Å². The molecule has 0 aliphatic carbocycles. The molecular formula is C21H19N3OS. The highest BCUT2D eigenvalue weighted by molar-refractivity contribution is 7.80. The highest BCUT2D eigenvalue weighted by Crippen LogP contribution is 2.16. The summed E-state index contributed by atoms with van der Waals surface area (Å²) in [5.74, 6) is -0.187. The van der Waals surface area contributed by atoms with Crippen LogP contribution in [0.25, 0.3) is 0 Å². The molecule has 2 N–H and O–H groups in total. The second-order valence-corrected chi connectivity index (χ2v) is 6.18. The number of hydrogen-bond acceptors (Lipinski definition) is 2. The molecule has 0 aromatic heterocycles. The van der Waals surface area contributed by atoms with Crippen LogP contribution < -0.4 is 15.8 Å². The van der Waals surface area contributed by atoms with E-state index < -0.39 is 0 Å². The summed E-state index contributed by atoms with van der Waals surface area (Å²) in [5.41, 5.74) is 6.23. The first kappa shape index (κ1) is 17.6. The molecule has 4 nitrogen and oxygen atoms in total. The van der Waals surface area contributed by atoms with Gasteiger partial charge in [-0.2, -0.15) is 0 Å². The van der Waals surface area contributed by atoms with Crippen LogP contribution in [-0.2, 0) is 0 Å². The molecule has 3 aromatic rings. The van der Waals surface area contributed by atoms with Crippen LogP contribution in [0.1, 0.15) is 15.9 Å². The number of thiocarbonyl (C=S) groups is 1. The van der Waals surface area contributed by atoms with E-state index in [2.05, 4.69) is 10.7 Å². The minimum absolute atomic E-state index is 0.187. The van der Waals surface area contributed by atoms with Crippen molar-refractivity contribution in [1.29, 1.82) is 0 Å². The van der Waals surface area contributed by atoms with Crippen LogP contribution in [0.5, 0.6) is 0 Å². The molecule has 0 heterocycles. The topological polar surface area (TPSA) is 44.4 Å². The molecule has 130 valence electrons. The van der Waals surface area contributed by atoms with Gasteiger partial charge in [-0.05, 0) is 55.5 Å². The molecule has 0 aliphatic heterocycles. The van der Waals surface area contributed by atoms with E-state index in [1.165, 1.54) is 5.01 Å². The lowest BCUT2D eigenvalue weighted by Gasteiger charge is -2.25. The van der Waals surface area contributed by atoms with Gasteiger partial charge in [-0.25, -0.2) is 5.01 Å². The maximum absolute atomic E-state index is 13.0. The summed E-state index contributed by atoms with van der Waals surface area (Å²) in [6.07, 6.45) is 0. The van der Waals surface area contributed by atoms with Gasteiger partial charge in [0.25, 0.3) is 5.91 Å². The zero-order chi connectivity index (χ0) is 18.4. The molecule has 0 saturated heterocycles. The average molecular weight is 361 g/mol. The molecule has 0 saturated carbocycles. The van der Waals surface area contributed by atoms with Crippen molar-refractivity contribution in [3.05, 3.63) is 96.1 Å². The lowest BCUT2D eigenvalue weighted by atomic mass is 10.1. The Balaban J connectivity index is 1.83. The van der Waals surface area contributed by atoms with E-state index in [0.29, 0.717) is 16.4 Å². The number of benzene rings is 3. The maximum Gasteiger partial charge on any atom is 0.276 e. The SMILES string of the molecule is Cc1ccc(C(=O)N(NC(=S)Nc2ccccc2)c2ccccc2)cc1. The standard InChI is InChI=1S/C21H19N3OS/c1-16-12-14-17(15-13-16)20(25)24(19-10-6-3-7-11-19)23-21(26)22-18-8-4-2-5-9-18/h2-15H,1H3,(H2,22,23,26). The number of anilines is 2. The highest BCUT2D eigenvalue weighted by atomic mass is 32.1. The number of aryl methyl sites for hydroxylation is 1. The number of nitrogens with one attached hydrogen (secondary N) is 2. The van der Waals surface area contributed by atoms with Crippen molar-refractivity contribution in [3.63, 3.8) is 0 Å². The number of hydrogen-bond donors (Lipinski definition) is 2. The first-order valence-corrected chi connectivity index (χ1v) is 8.63. The average Bonchev–Trinajstić information content (AvgIpc) is 2.68. The van der Waals surface area contributed by atoms with Gasteiger partial charge in [0.2, 0.25) is 0 Å². The lowest BCUT2D eigenvalue weighted by molar-refractivity contribution is 0.0981. The first-order chi connectivity index (χ1) is 12.6. The second kappa shape index (κ2) is 8.27. The van der Waals surface area contributed by atoms with E-state index in [1.54, 1.807) is 0 Å². The van der Waals surface area contributed by atoms with Crippen molar-refractivity contribution < 1.29 is 4.79 Å². The van der Waals surface area contributed by atoms with Crippen LogP contribution in [0.15, 0.2) is 84.9 Å². The molecule has 0 spiro atoms. The van der Waals surface area contributed by atoms with Crippen molar-refractivity contribution in [1.82, 2.24) is 5.43 Å². The summed E-state index contributed by atoms with van der Waals surface area (Å²) in [5, 5.41) is 4.87. The summed E-state index contributed by atoms with van der Waals surface area (Å²) in [7, 11) is 0. The predicted molar refractivity (Wildman–Crippen MR) is 110 cm³/mol. The Kier molecular flexibility index (Phi) is 5.61. The molecule has 26 heavy (non-hydrogen) atoms. The van der Waals surface area contributed by atoms with E-state index in [9.17, 15) is 4.79 Å². The molecule has 3 rings (SSSR count). The Morgan fingerprint density at radius 2 is 1.42 bits per heavy atom. The minimum Gasteiger partial charge on any atom is -0.331 e. The van der Waals surface area contributed by atoms with Crippen LogP contribution in [0.2, 0.25) is 0 Å². The van der Waals surface area contributed by atoms with E-state index in [-0.39, 0.29) is 5.91 Å².